The van der Waals surface area contributed by atoms with Gasteiger partial charge < -0.3 is 4.84 Å². The van der Waals surface area contributed by atoms with Crippen LogP contribution in [0.25, 0.3) is 5.57 Å². The first-order valence-electron chi connectivity index (χ1n) is 11.7. The van der Waals surface area contributed by atoms with Crippen LogP contribution in [0.3, 0.4) is 0 Å². The molecule has 0 bridgehead atoms. The normalized spacial score (nSPS) is 14.0. The number of hydrogen-bond donors (Lipinski definition) is 2. The van der Waals surface area contributed by atoms with E-state index in [-0.39, 0.29) is 25.1 Å². The Bertz CT molecular complexity index is 1410. The van der Waals surface area contributed by atoms with Crippen molar-refractivity contribution in [1.82, 2.24) is 14.1 Å². The number of carbonyl (C=O) groups excluding carboxylic acids is 1. The van der Waals surface area contributed by atoms with Gasteiger partial charge >= 0.3 is 17.3 Å². The van der Waals surface area contributed by atoms with Crippen LogP contribution in [0.2, 0.25) is 0 Å². The second-order valence-corrected chi connectivity index (χ2v) is 8.63. The van der Waals surface area contributed by atoms with Gasteiger partial charge in [-0.1, -0.05) is 48.0 Å². The van der Waals surface area contributed by atoms with E-state index in [4.69, 9.17) is 5.90 Å². The average Bonchev–Trinajstić information content (AvgIpc) is 2.88. The molecule has 0 amide bonds. The lowest BCUT2D eigenvalue weighted by molar-refractivity contribution is -0.144. The van der Waals surface area contributed by atoms with Gasteiger partial charge in [0.1, 0.15) is 0 Å². The number of benzene rings is 2. The van der Waals surface area contributed by atoms with Crippen LogP contribution in [-0.2, 0) is 22.7 Å². The molecule has 0 spiro atoms. The van der Waals surface area contributed by atoms with Crippen molar-refractivity contribution in [2.45, 2.75) is 52.1 Å². The van der Waals surface area contributed by atoms with Crippen molar-refractivity contribution in [1.29, 1.82) is 0 Å². The van der Waals surface area contributed by atoms with E-state index in [2.05, 4.69) is 20.9 Å². The summed E-state index contributed by atoms with van der Waals surface area (Å²) >= 11 is 0. The lowest BCUT2D eigenvalue weighted by atomic mass is 9.94. The van der Waals surface area contributed by atoms with Crippen LogP contribution in [0.15, 0.2) is 69.2 Å². The van der Waals surface area contributed by atoms with Gasteiger partial charge in [0, 0.05) is 6.54 Å². The second-order valence-electron chi connectivity index (χ2n) is 8.63. The minimum atomic E-state index is -0.719. The molecule has 0 fully saturated rings. The van der Waals surface area contributed by atoms with Gasteiger partial charge in [-0.05, 0) is 61.4 Å². The van der Waals surface area contributed by atoms with Crippen LogP contribution in [-0.4, -0.2) is 20.1 Å². The highest BCUT2D eigenvalue weighted by Gasteiger charge is 2.12. The predicted octanol–water partition coefficient (Wildman–Crippen LogP) is 2.69. The van der Waals surface area contributed by atoms with Gasteiger partial charge in [-0.25, -0.2) is 19.1 Å². The van der Waals surface area contributed by atoms with Crippen molar-refractivity contribution in [3.8, 4) is 0 Å². The molecule has 1 aromatic heterocycles. The van der Waals surface area contributed by atoms with Crippen molar-refractivity contribution in [3.63, 3.8) is 0 Å². The number of rotatable bonds is 7. The molecule has 0 radical (unpaired) electrons. The highest BCUT2D eigenvalue weighted by atomic mass is 16.7. The number of aromatic amines is 1. The standard InChI is InChI=1S/C26H29N5O4/c1-18-7-9-19(10-8-18)17-31-24(29-25(33)30(26(31)34)16-15-23(32)35-27)28-22-13-11-21(12-14-22)20-5-3-2-4-6-20/h5,7-14H,2-4,6,15-17,27H2,1H3,(H,28,29,33). The van der Waals surface area contributed by atoms with Gasteiger partial charge in [-0.2, -0.15) is 5.90 Å². The summed E-state index contributed by atoms with van der Waals surface area (Å²) in [4.78, 5) is 48.9. The molecule has 0 unspecified atom stereocenters. The minimum Gasteiger partial charge on any atom is -0.373 e. The molecule has 4 rings (SSSR count). The first-order chi connectivity index (χ1) is 16.9. The Kier molecular flexibility index (Phi) is 7.57. The van der Waals surface area contributed by atoms with Gasteiger partial charge in [0.25, 0.3) is 0 Å². The van der Waals surface area contributed by atoms with Crippen LogP contribution in [0.1, 0.15) is 48.8 Å². The zero-order valence-electron chi connectivity index (χ0n) is 19.7. The SMILES string of the molecule is Cc1ccc(Cn2c(=O)n(CCC(=O)ON)c(=O)[nH]/c2=N\c2ccc(C3=CCCCC3)cc2)cc1. The van der Waals surface area contributed by atoms with Gasteiger partial charge in [0.2, 0.25) is 5.62 Å². The first-order valence-corrected chi connectivity index (χ1v) is 11.7. The van der Waals surface area contributed by atoms with E-state index in [9.17, 15) is 14.4 Å². The molecule has 35 heavy (non-hydrogen) atoms. The van der Waals surface area contributed by atoms with Crippen LogP contribution >= 0.6 is 0 Å². The van der Waals surface area contributed by atoms with Crippen molar-refractivity contribution in [2.24, 2.45) is 10.9 Å². The van der Waals surface area contributed by atoms with E-state index < -0.39 is 17.3 Å². The highest BCUT2D eigenvalue weighted by Crippen LogP contribution is 2.27. The summed E-state index contributed by atoms with van der Waals surface area (Å²) in [6.07, 6.45) is 6.65. The van der Waals surface area contributed by atoms with Crippen LogP contribution in [0.5, 0.6) is 0 Å². The molecular formula is C26H29N5O4. The van der Waals surface area contributed by atoms with Crippen LogP contribution in [0, 0.1) is 6.92 Å². The van der Waals surface area contributed by atoms with Crippen molar-refractivity contribution >= 4 is 17.2 Å². The van der Waals surface area contributed by atoms with E-state index in [0.717, 1.165) is 34.1 Å². The van der Waals surface area contributed by atoms with E-state index in [1.165, 1.54) is 23.0 Å². The molecule has 0 aliphatic heterocycles. The summed E-state index contributed by atoms with van der Waals surface area (Å²) in [6, 6.07) is 15.5. The molecule has 0 atom stereocenters. The third-order valence-corrected chi connectivity index (χ3v) is 6.08. The molecule has 9 heteroatoms. The zero-order valence-corrected chi connectivity index (χ0v) is 19.7. The summed E-state index contributed by atoms with van der Waals surface area (Å²) in [5.41, 5.74) is 3.95. The van der Waals surface area contributed by atoms with Gasteiger partial charge in [-0.3, -0.25) is 14.3 Å². The lowest BCUT2D eigenvalue weighted by Gasteiger charge is -2.13. The third kappa shape index (κ3) is 5.93. The molecule has 3 N–H and O–H groups in total. The maximum Gasteiger partial charge on any atom is 0.335 e. The maximum atomic E-state index is 13.3. The molecule has 3 aromatic rings. The second kappa shape index (κ2) is 11.0. The fourth-order valence-corrected chi connectivity index (χ4v) is 4.09. The number of H-pyrrole nitrogens is 1. The molecule has 182 valence electrons. The highest BCUT2D eigenvalue weighted by molar-refractivity contribution is 5.68. The number of nitrogens with two attached hydrogens (primary N) is 1. The van der Waals surface area contributed by atoms with Gasteiger partial charge in [-0.15, -0.1) is 0 Å². The number of nitrogens with one attached hydrogen (secondary N) is 1. The average molecular weight is 476 g/mol. The molecule has 1 heterocycles. The van der Waals surface area contributed by atoms with Crippen molar-refractivity contribution < 1.29 is 9.63 Å². The van der Waals surface area contributed by atoms with Crippen molar-refractivity contribution in [2.75, 3.05) is 0 Å². The lowest BCUT2D eigenvalue weighted by Crippen LogP contribution is -2.50. The first kappa shape index (κ1) is 24.2. The van der Waals surface area contributed by atoms with E-state index in [1.807, 2.05) is 55.5 Å². The fraction of sp³-hybridized carbons (Fsp3) is 0.308. The number of aryl methyl sites for hydroxylation is 1. The Morgan fingerprint density at radius 1 is 1.06 bits per heavy atom. The molecule has 9 nitrogen and oxygen atoms in total. The molecule has 0 saturated heterocycles. The Balaban J connectivity index is 1.75. The molecule has 1 aliphatic carbocycles. The number of nitrogens with zero attached hydrogens (tertiary/aromatic N) is 3. The monoisotopic (exact) mass is 475 g/mol. The van der Waals surface area contributed by atoms with E-state index in [0.29, 0.717) is 5.69 Å². The Labute approximate surface area is 202 Å². The fourth-order valence-electron chi connectivity index (χ4n) is 4.09. The van der Waals surface area contributed by atoms with Gasteiger partial charge in [0.05, 0.1) is 18.7 Å². The maximum absolute atomic E-state index is 13.3. The topological polar surface area (TPSA) is 124 Å². The van der Waals surface area contributed by atoms with E-state index >= 15 is 0 Å². The Hall–Kier alpha value is -3.98. The molecule has 1 aliphatic rings. The van der Waals surface area contributed by atoms with Gasteiger partial charge in [0.15, 0.2) is 0 Å². The third-order valence-electron chi connectivity index (χ3n) is 6.08. The Morgan fingerprint density at radius 2 is 1.80 bits per heavy atom. The van der Waals surface area contributed by atoms with Crippen molar-refractivity contribution in [3.05, 3.63) is 97.9 Å². The zero-order chi connectivity index (χ0) is 24.8. The van der Waals surface area contributed by atoms with Crippen LogP contribution < -0.4 is 22.9 Å². The molecule has 0 saturated carbocycles. The molecular weight excluding hydrogens is 446 g/mol. The number of allylic oxidation sites excluding steroid dienone is 2. The minimum absolute atomic E-state index is 0.128. The Morgan fingerprint density at radius 3 is 2.46 bits per heavy atom. The number of aromatic nitrogens is 3. The molecule has 2 aromatic carbocycles. The quantitative estimate of drug-likeness (QED) is 0.509. The summed E-state index contributed by atoms with van der Waals surface area (Å²) in [7, 11) is 0. The summed E-state index contributed by atoms with van der Waals surface area (Å²) < 4.78 is 2.33. The summed E-state index contributed by atoms with van der Waals surface area (Å²) in [5, 5.41) is 0. The predicted molar refractivity (Wildman–Crippen MR) is 133 cm³/mol. The smallest absolute Gasteiger partial charge is 0.335 e. The number of hydrogen-bond acceptors (Lipinski definition) is 6. The number of carbonyl (C=O) groups is 1. The van der Waals surface area contributed by atoms with Crippen LogP contribution in [0.4, 0.5) is 5.69 Å². The summed E-state index contributed by atoms with van der Waals surface area (Å²) in [6.45, 7) is 2.01. The summed E-state index contributed by atoms with van der Waals surface area (Å²) in [5.74, 6) is 4.16. The van der Waals surface area contributed by atoms with E-state index in [1.54, 1.807) is 0 Å². The largest absolute Gasteiger partial charge is 0.373 e.